The Morgan fingerprint density at radius 2 is 2.00 bits per heavy atom. The van der Waals surface area contributed by atoms with Crippen molar-refractivity contribution in [3.05, 3.63) is 20.8 Å². The number of hydrogen-bond donors (Lipinski definition) is 0. The van der Waals surface area contributed by atoms with Crippen molar-refractivity contribution in [2.45, 2.75) is 3.79 Å². The molecule has 0 atom stereocenters. The van der Waals surface area contributed by atoms with Crippen LogP contribution in [0.15, 0.2) is 10.7 Å². The van der Waals surface area contributed by atoms with Gasteiger partial charge in [-0.15, -0.1) is 0 Å². The molecular formula is C3HBrCl3NO2. The van der Waals surface area contributed by atoms with Gasteiger partial charge in [0.1, 0.15) is 0 Å². The van der Waals surface area contributed by atoms with Gasteiger partial charge in [-0.1, -0.05) is 34.8 Å². The summed E-state index contributed by atoms with van der Waals surface area (Å²) >= 11 is 18.2. The van der Waals surface area contributed by atoms with Gasteiger partial charge in [-0.25, -0.2) is 0 Å². The zero-order valence-electron chi connectivity index (χ0n) is 4.35. The lowest BCUT2D eigenvalue weighted by Crippen LogP contribution is -2.00. The van der Waals surface area contributed by atoms with E-state index in [1.54, 1.807) is 0 Å². The van der Waals surface area contributed by atoms with E-state index in [-0.39, 0.29) is 4.61 Å². The molecule has 7 heteroatoms. The second-order valence-electron chi connectivity index (χ2n) is 1.27. The van der Waals surface area contributed by atoms with E-state index in [4.69, 9.17) is 34.8 Å². The molecule has 3 nitrogen and oxygen atoms in total. The summed E-state index contributed by atoms with van der Waals surface area (Å²) in [5.74, 6) is 0. The van der Waals surface area contributed by atoms with E-state index in [0.717, 1.165) is 6.08 Å². The minimum Gasteiger partial charge on any atom is -0.258 e. The molecule has 0 aliphatic rings. The quantitative estimate of drug-likeness (QED) is 0.318. The van der Waals surface area contributed by atoms with E-state index in [0.29, 0.717) is 0 Å². The van der Waals surface area contributed by atoms with Crippen molar-refractivity contribution < 1.29 is 4.92 Å². The van der Waals surface area contributed by atoms with Gasteiger partial charge in [-0.3, -0.25) is 10.1 Å². The molecule has 0 aromatic heterocycles. The number of allylic oxidation sites excluding steroid dienone is 1. The van der Waals surface area contributed by atoms with Crippen LogP contribution in [0.5, 0.6) is 0 Å². The SMILES string of the molecule is O=[N+]([O-])/C(Br)=C/C(Cl)(Cl)Cl. The van der Waals surface area contributed by atoms with E-state index in [1.165, 1.54) is 0 Å². The first kappa shape index (κ1) is 10.5. The van der Waals surface area contributed by atoms with Gasteiger partial charge >= 0.3 is 4.61 Å². The maximum Gasteiger partial charge on any atom is 0.310 e. The highest BCUT2D eigenvalue weighted by molar-refractivity contribution is 9.11. The molecule has 0 unspecified atom stereocenters. The number of halogens is 4. The van der Waals surface area contributed by atoms with Crippen LogP contribution < -0.4 is 0 Å². The predicted octanol–water partition coefficient (Wildman–Crippen LogP) is 2.87. The second-order valence-corrected chi connectivity index (χ2v) is 4.45. The molecule has 0 bridgehead atoms. The molecule has 58 valence electrons. The average molecular weight is 269 g/mol. The van der Waals surface area contributed by atoms with Crippen LogP contribution in [0, 0.1) is 10.1 Å². The molecule has 0 rings (SSSR count). The molecule has 0 aliphatic heterocycles. The fourth-order valence-corrected chi connectivity index (χ4v) is 1.24. The number of nitro groups is 1. The summed E-state index contributed by atoms with van der Waals surface area (Å²) in [6.07, 6.45) is 0.859. The third-order valence-electron chi connectivity index (χ3n) is 0.457. The minimum absolute atomic E-state index is 0.368. The first-order valence-electron chi connectivity index (χ1n) is 1.92. The lowest BCUT2D eigenvalue weighted by atomic mass is 10.7. The average Bonchev–Trinajstić information content (AvgIpc) is 1.60. The van der Waals surface area contributed by atoms with Crippen molar-refractivity contribution in [2.24, 2.45) is 0 Å². The van der Waals surface area contributed by atoms with Crippen molar-refractivity contribution in [3.8, 4) is 0 Å². The molecule has 0 amide bonds. The Morgan fingerprint density at radius 3 is 2.10 bits per heavy atom. The zero-order chi connectivity index (χ0) is 8.36. The summed E-state index contributed by atoms with van der Waals surface area (Å²) in [6, 6.07) is 0. The molecule has 0 aliphatic carbocycles. The molecule has 0 aromatic rings. The number of alkyl halides is 3. The highest BCUT2D eigenvalue weighted by atomic mass is 79.9. The Labute approximate surface area is 80.2 Å². The van der Waals surface area contributed by atoms with Gasteiger partial charge in [-0.05, 0) is 0 Å². The summed E-state index contributed by atoms with van der Waals surface area (Å²) in [5.41, 5.74) is 0. The summed E-state index contributed by atoms with van der Waals surface area (Å²) < 4.78 is -2.10. The molecule has 0 radical (unpaired) electrons. The fourth-order valence-electron chi connectivity index (χ4n) is 0.188. The minimum atomic E-state index is -1.73. The fraction of sp³-hybridized carbons (Fsp3) is 0.333. The van der Waals surface area contributed by atoms with E-state index < -0.39 is 8.72 Å². The van der Waals surface area contributed by atoms with Crippen LogP contribution in [0.2, 0.25) is 0 Å². The zero-order valence-corrected chi connectivity index (χ0v) is 8.21. The second kappa shape index (κ2) is 3.76. The standard InChI is InChI=1S/C3HBrCl3NO2/c4-2(8(9)10)1-3(5,6)7/h1H/b2-1+. The van der Waals surface area contributed by atoms with Crippen LogP contribution in [-0.4, -0.2) is 8.72 Å². The third kappa shape index (κ3) is 5.29. The van der Waals surface area contributed by atoms with Crippen molar-refractivity contribution >= 4 is 50.7 Å². The summed E-state index contributed by atoms with van der Waals surface area (Å²) in [5, 5.41) is 9.89. The Bertz CT molecular complexity index is 175. The maximum atomic E-state index is 9.89. The largest absolute Gasteiger partial charge is 0.310 e. The molecule has 0 heterocycles. The van der Waals surface area contributed by atoms with Gasteiger partial charge in [0.25, 0.3) is 0 Å². The molecule has 0 saturated heterocycles. The smallest absolute Gasteiger partial charge is 0.258 e. The lowest BCUT2D eigenvalue weighted by Gasteiger charge is -2.00. The number of hydrogen-bond acceptors (Lipinski definition) is 2. The van der Waals surface area contributed by atoms with Crippen molar-refractivity contribution in [3.63, 3.8) is 0 Å². The van der Waals surface area contributed by atoms with E-state index >= 15 is 0 Å². The first-order chi connectivity index (χ1) is 4.33. The van der Waals surface area contributed by atoms with Crippen LogP contribution in [0.4, 0.5) is 0 Å². The first-order valence-corrected chi connectivity index (χ1v) is 3.85. The van der Waals surface area contributed by atoms with Crippen LogP contribution in [0.1, 0.15) is 0 Å². The van der Waals surface area contributed by atoms with E-state index in [9.17, 15) is 10.1 Å². The monoisotopic (exact) mass is 267 g/mol. The molecular weight excluding hydrogens is 268 g/mol. The molecule has 0 spiro atoms. The summed E-state index contributed by atoms with van der Waals surface area (Å²) in [6.45, 7) is 0. The Hall–Kier alpha value is 0.490. The van der Waals surface area contributed by atoms with Gasteiger partial charge in [0.2, 0.25) is 3.79 Å². The predicted molar refractivity (Wildman–Crippen MR) is 44.3 cm³/mol. The summed E-state index contributed by atoms with van der Waals surface area (Å²) in [4.78, 5) is 9.18. The van der Waals surface area contributed by atoms with E-state index in [2.05, 4.69) is 15.9 Å². The molecule has 0 aromatic carbocycles. The lowest BCUT2D eigenvalue weighted by molar-refractivity contribution is -0.409. The van der Waals surface area contributed by atoms with Crippen LogP contribution >= 0.6 is 50.7 Å². The number of rotatable bonds is 1. The van der Waals surface area contributed by atoms with Crippen molar-refractivity contribution in [2.75, 3.05) is 0 Å². The normalized spacial score (nSPS) is 13.4. The maximum absolute atomic E-state index is 9.89. The van der Waals surface area contributed by atoms with Crippen LogP contribution in [0.25, 0.3) is 0 Å². The topological polar surface area (TPSA) is 43.1 Å². The van der Waals surface area contributed by atoms with E-state index in [1.807, 2.05) is 0 Å². The van der Waals surface area contributed by atoms with Crippen LogP contribution in [0.3, 0.4) is 0 Å². The van der Waals surface area contributed by atoms with Crippen molar-refractivity contribution in [1.29, 1.82) is 0 Å². The molecule has 0 N–H and O–H groups in total. The van der Waals surface area contributed by atoms with Gasteiger partial charge < -0.3 is 0 Å². The summed E-state index contributed by atoms with van der Waals surface area (Å²) in [7, 11) is 0. The van der Waals surface area contributed by atoms with Crippen LogP contribution in [-0.2, 0) is 0 Å². The van der Waals surface area contributed by atoms with Gasteiger partial charge in [-0.2, -0.15) is 0 Å². The van der Waals surface area contributed by atoms with Crippen molar-refractivity contribution in [1.82, 2.24) is 0 Å². The Balaban J connectivity index is 4.32. The third-order valence-corrected chi connectivity index (χ3v) is 1.30. The van der Waals surface area contributed by atoms with Gasteiger partial charge in [0.15, 0.2) is 0 Å². The van der Waals surface area contributed by atoms with Gasteiger partial charge in [0, 0.05) is 15.9 Å². The molecule has 10 heavy (non-hydrogen) atoms. The Morgan fingerprint density at radius 1 is 1.60 bits per heavy atom. The number of nitrogens with zero attached hydrogens (tertiary/aromatic N) is 1. The molecule has 0 saturated carbocycles. The Kier molecular flexibility index (Phi) is 3.94. The highest BCUT2D eigenvalue weighted by Crippen LogP contribution is 2.30. The molecule has 0 fully saturated rings. The highest BCUT2D eigenvalue weighted by Gasteiger charge is 2.20. The van der Waals surface area contributed by atoms with Gasteiger partial charge in [0.05, 0.1) is 11.0 Å².